The van der Waals surface area contributed by atoms with Gasteiger partial charge in [-0.1, -0.05) is 6.92 Å². The van der Waals surface area contributed by atoms with Crippen LogP contribution in [0.2, 0.25) is 0 Å². The maximum atomic E-state index is 14.5. The van der Waals surface area contributed by atoms with E-state index in [2.05, 4.69) is 32.2 Å². The number of aromatic nitrogens is 4. The van der Waals surface area contributed by atoms with Crippen molar-refractivity contribution in [3.05, 3.63) is 36.3 Å². The molecule has 3 aliphatic carbocycles. The van der Waals surface area contributed by atoms with Gasteiger partial charge in [-0.25, -0.2) is 23.7 Å². The number of hydrogen-bond acceptors (Lipinski definition) is 4. The molecule has 2 unspecified atom stereocenters. The molecule has 0 amide bonds. The molecule has 140 valence electrons. The molecule has 0 aromatic carbocycles. The van der Waals surface area contributed by atoms with Crippen LogP contribution in [0.3, 0.4) is 0 Å². The number of pyridine rings is 1. The van der Waals surface area contributed by atoms with Crippen LogP contribution >= 0.6 is 0 Å². The molecule has 0 aliphatic heterocycles. The molecule has 27 heavy (non-hydrogen) atoms. The summed E-state index contributed by atoms with van der Waals surface area (Å²) in [6.07, 6.45) is 8.98. The lowest BCUT2D eigenvalue weighted by Gasteiger charge is -2.47. The van der Waals surface area contributed by atoms with Crippen molar-refractivity contribution in [3.8, 4) is 11.3 Å². The maximum absolute atomic E-state index is 14.5. The van der Waals surface area contributed by atoms with Crippen molar-refractivity contribution in [1.82, 2.24) is 19.9 Å². The van der Waals surface area contributed by atoms with Gasteiger partial charge in [-0.3, -0.25) is 0 Å². The monoisotopic (exact) mass is 369 g/mol. The fraction of sp³-hybridized carbons (Fsp3) is 0.450. The number of halogens is 2. The summed E-state index contributed by atoms with van der Waals surface area (Å²) in [4.78, 5) is 15.5. The third-order valence-corrected chi connectivity index (χ3v) is 6.43. The number of hydrogen-bond donors (Lipinski definition) is 2. The smallest absolute Gasteiger partial charge is 0.223 e. The van der Waals surface area contributed by atoms with Gasteiger partial charge in [-0.2, -0.15) is 0 Å². The highest BCUT2D eigenvalue weighted by molar-refractivity contribution is 5.92. The highest BCUT2D eigenvalue weighted by Crippen LogP contribution is 2.45. The zero-order valence-corrected chi connectivity index (χ0v) is 15.0. The average Bonchev–Trinajstić information content (AvgIpc) is 3.09. The number of fused-ring (bicyclic) bond motifs is 4. The van der Waals surface area contributed by atoms with Gasteiger partial charge in [0.2, 0.25) is 5.95 Å². The summed E-state index contributed by atoms with van der Waals surface area (Å²) in [6, 6.07) is 1.66. The van der Waals surface area contributed by atoms with Crippen molar-refractivity contribution in [2.24, 2.45) is 17.8 Å². The Balaban J connectivity index is 1.50. The van der Waals surface area contributed by atoms with Gasteiger partial charge >= 0.3 is 0 Å². The second kappa shape index (κ2) is 6.25. The van der Waals surface area contributed by atoms with Crippen LogP contribution in [0.15, 0.2) is 24.7 Å². The van der Waals surface area contributed by atoms with Crippen molar-refractivity contribution in [2.75, 3.05) is 5.32 Å². The van der Waals surface area contributed by atoms with Crippen molar-refractivity contribution in [3.63, 3.8) is 0 Å². The number of nitrogens with one attached hydrogen (secondary N) is 2. The summed E-state index contributed by atoms with van der Waals surface area (Å²) in [5, 5.41) is 3.97. The summed E-state index contributed by atoms with van der Waals surface area (Å²) < 4.78 is 28.1. The Morgan fingerprint density at radius 2 is 1.85 bits per heavy atom. The SMILES string of the molecule is CC1C2CCC(CC2)C1Nc1ncc(F)c(-c2c[nH]c3ncc(F)cc23)n1. The van der Waals surface area contributed by atoms with Gasteiger partial charge < -0.3 is 10.3 Å². The zero-order chi connectivity index (χ0) is 18.5. The van der Waals surface area contributed by atoms with Crippen molar-refractivity contribution in [2.45, 2.75) is 38.6 Å². The molecular formula is C20H21F2N5. The van der Waals surface area contributed by atoms with E-state index in [9.17, 15) is 8.78 Å². The molecule has 0 spiro atoms. The molecule has 5 nitrogen and oxygen atoms in total. The fourth-order valence-electron chi connectivity index (χ4n) is 4.95. The lowest BCUT2D eigenvalue weighted by molar-refractivity contribution is 0.0926. The molecule has 0 saturated heterocycles. The minimum absolute atomic E-state index is 0.153. The summed E-state index contributed by atoms with van der Waals surface area (Å²) in [6.45, 7) is 2.28. The Morgan fingerprint density at radius 3 is 2.63 bits per heavy atom. The van der Waals surface area contributed by atoms with E-state index in [1.807, 2.05) is 0 Å². The third-order valence-electron chi connectivity index (χ3n) is 6.43. The van der Waals surface area contributed by atoms with E-state index in [4.69, 9.17) is 0 Å². The molecule has 6 rings (SSSR count). The van der Waals surface area contributed by atoms with E-state index in [1.54, 1.807) is 6.20 Å². The van der Waals surface area contributed by atoms with Crippen LogP contribution < -0.4 is 5.32 Å². The Bertz CT molecular complexity index is 991. The lowest BCUT2D eigenvalue weighted by Crippen LogP contribution is -2.47. The van der Waals surface area contributed by atoms with Gasteiger partial charge in [-0.05, 0) is 49.5 Å². The lowest BCUT2D eigenvalue weighted by atomic mass is 9.62. The van der Waals surface area contributed by atoms with Gasteiger partial charge in [0.05, 0.1) is 12.4 Å². The van der Waals surface area contributed by atoms with E-state index in [0.717, 1.165) is 12.1 Å². The molecule has 3 saturated carbocycles. The summed E-state index contributed by atoms with van der Waals surface area (Å²) in [5.74, 6) is 1.34. The number of H-pyrrole nitrogens is 1. The van der Waals surface area contributed by atoms with Gasteiger partial charge in [0, 0.05) is 23.2 Å². The molecule has 3 aromatic heterocycles. The average molecular weight is 369 g/mol. The molecule has 3 aliphatic rings. The minimum atomic E-state index is -0.538. The number of nitrogens with zero attached hydrogens (tertiary/aromatic N) is 3. The Kier molecular flexibility index (Phi) is 3.84. The number of anilines is 1. The van der Waals surface area contributed by atoms with Crippen LogP contribution in [0.25, 0.3) is 22.3 Å². The first kappa shape index (κ1) is 16.6. The minimum Gasteiger partial charge on any atom is -0.351 e. The molecule has 3 fully saturated rings. The first-order chi connectivity index (χ1) is 13.1. The van der Waals surface area contributed by atoms with Gasteiger partial charge in [-0.15, -0.1) is 0 Å². The highest BCUT2D eigenvalue weighted by Gasteiger charge is 2.41. The van der Waals surface area contributed by atoms with E-state index in [-0.39, 0.29) is 5.69 Å². The van der Waals surface area contributed by atoms with Crippen LogP contribution in [0.4, 0.5) is 14.7 Å². The van der Waals surface area contributed by atoms with Crippen LogP contribution in [0.5, 0.6) is 0 Å². The number of aromatic amines is 1. The number of rotatable bonds is 3. The molecule has 0 radical (unpaired) electrons. The van der Waals surface area contributed by atoms with Gasteiger partial charge in [0.25, 0.3) is 0 Å². The van der Waals surface area contributed by atoms with E-state index in [1.165, 1.54) is 37.9 Å². The largest absolute Gasteiger partial charge is 0.351 e. The topological polar surface area (TPSA) is 66.5 Å². The standard InChI is InChI=1S/C20H21F2N5/c1-10-11-2-4-12(5-3-11)17(10)26-20-25-9-16(22)18(27-20)15-8-24-19-14(15)6-13(21)7-23-19/h6-12,17H,2-5H2,1H3,(H,23,24)(H,25,26,27). The van der Waals surface area contributed by atoms with Crippen molar-refractivity contribution in [1.29, 1.82) is 0 Å². The van der Waals surface area contributed by atoms with Crippen LogP contribution in [0, 0.1) is 29.4 Å². The van der Waals surface area contributed by atoms with E-state index in [0.29, 0.717) is 40.4 Å². The Morgan fingerprint density at radius 1 is 1.07 bits per heavy atom. The first-order valence-electron chi connectivity index (χ1n) is 9.52. The maximum Gasteiger partial charge on any atom is 0.223 e. The van der Waals surface area contributed by atoms with E-state index >= 15 is 0 Å². The van der Waals surface area contributed by atoms with Gasteiger partial charge in [0.15, 0.2) is 5.82 Å². The molecule has 3 aromatic rings. The molecule has 2 atom stereocenters. The van der Waals surface area contributed by atoms with Gasteiger partial charge in [0.1, 0.15) is 17.2 Å². The molecule has 2 bridgehead atoms. The van der Waals surface area contributed by atoms with E-state index < -0.39 is 11.6 Å². The van der Waals surface area contributed by atoms with Crippen molar-refractivity contribution < 1.29 is 8.78 Å². The highest BCUT2D eigenvalue weighted by atomic mass is 19.1. The first-order valence-corrected chi connectivity index (χ1v) is 9.52. The second-order valence-electron chi connectivity index (χ2n) is 7.85. The predicted molar refractivity (Wildman–Crippen MR) is 99.1 cm³/mol. The van der Waals surface area contributed by atoms with Crippen LogP contribution in [-0.4, -0.2) is 26.0 Å². The second-order valence-corrected chi connectivity index (χ2v) is 7.85. The predicted octanol–water partition coefficient (Wildman–Crippen LogP) is 4.53. The Hall–Kier alpha value is -2.57. The molecule has 2 N–H and O–H groups in total. The van der Waals surface area contributed by atoms with Crippen LogP contribution in [-0.2, 0) is 0 Å². The normalized spacial score (nSPS) is 27.2. The summed E-state index contributed by atoms with van der Waals surface area (Å²) in [5.41, 5.74) is 1.13. The summed E-state index contributed by atoms with van der Waals surface area (Å²) >= 11 is 0. The molecule has 7 heteroatoms. The molecular weight excluding hydrogens is 348 g/mol. The zero-order valence-electron chi connectivity index (χ0n) is 15.0. The molecule has 3 heterocycles. The summed E-state index contributed by atoms with van der Waals surface area (Å²) in [7, 11) is 0. The Labute approximate surface area is 155 Å². The van der Waals surface area contributed by atoms with Crippen molar-refractivity contribution >= 4 is 17.0 Å². The van der Waals surface area contributed by atoms with Crippen LogP contribution in [0.1, 0.15) is 32.6 Å². The quantitative estimate of drug-likeness (QED) is 0.712. The third kappa shape index (κ3) is 2.76. The fourth-order valence-corrected chi connectivity index (χ4v) is 4.95.